The van der Waals surface area contributed by atoms with Gasteiger partial charge in [0.25, 0.3) is 0 Å². The molecule has 0 N–H and O–H groups in total. The van der Waals surface area contributed by atoms with Gasteiger partial charge in [-0.25, -0.2) is 0 Å². The van der Waals surface area contributed by atoms with Crippen molar-refractivity contribution < 1.29 is 4.92 Å². The van der Waals surface area contributed by atoms with Gasteiger partial charge < -0.3 is 10.1 Å². The first-order valence-electron chi connectivity index (χ1n) is 2.56. The highest BCUT2D eigenvalue weighted by molar-refractivity contribution is 14.1. The minimum Gasteiger partial charge on any atom is -0.358 e. The Labute approximate surface area is 84.4 Å². The minimum absolute atomic E-state index is 0.141. The summed E-state index contributed by atoms with van der Waals surface area (Å²) in [5.41, 5.74) is 0. The van der Waals surface area contributed by atoms with Gasteiger partial charge in [0.1, 0.15) is 0 Å². The molecule has 0 radical (unpaired) electrons. The summed E-state index contributed by atoms with van der Waals surface area (Å²) >= 11 is 5.19. The smallest absolute Gasteiger partial charge is 0.358 e. The molecule has 0 atom stereocenters. The summed E-state index contributed by atoms with van der Waals surface area (Å²) in [5, 5.41) is 10.2. The number of aromatic nitrogens is 1. The fraction of sp³-hybridized carbons (Fsp3) is 0. The molecule has 58 valence electrons. The van der Waals surface area contributed by atoms with Crippen LogP contribution in [0, 0.1) is 13.7 Å². The van der Waals surface area contributed by atoms with Crippen molar-refractivity contribution in [3.05, 3.63) is 30.4 Å². The minimum atomic E-state index is -0.527. The Morgan fingerprint density at radius 1 is 1.73 bits per heavy atom. The average Bonchev–Trinajstić information content (AvgIpc) is 1.94. The van der Waals surface area contributed by atoms with E-state index in [-0.39, 0.29) is 5.82 Å². The fourth-order valence-corrected chi connectivity index (χ4v) is 1.11. The van der Waals surface area contributed by atoms with Crippen LogP contribution >= 0.6 is 38.5 Å². The third-order valence-corrected chi connectivity index (χ3v) is 3.24. The molecule has 1 heterocycles. The molecule has 11 heavy (non-hydrogen) atoms. The quantitative estimate of drug-likeness (QED) is 0.452. The van der Waals surface area contributed by atoms with E-state index in [1.165, 1.54) is 12.3 Å². The predicted molar refractivity (Wildman–Crippen MR) is 51.3 cm³/mol. The molecule has 0 aliphatic rings. The van der Waals surface area contributed by atoms with Crippen molar-refractivity contribution in [1.82, 2.24) is 4.98 Å². The van der Waals surface area contributed by atoms with E-state index in [1.54, 1.807) is 0 Å². The largest absolute Gasteiger partial charge is 0.364 e. The lowest BCUT2D eigenvalue weighted by Crippen LogP contribution is -1.91. The molecule has 0 aromatic carbocycles. The third-order valence-electron chi connectivity index (χ3n) is 0.981. The maximum atomic E-state index is 10.2. The van der Waals surface area contributed by atoms with Gasteiger partial charge in [0.05, 0.1) is 9.64 Å². The van der Waals surface area contributed by atoms with Gasteiger partial charge >= 0.3 is 5.82 Å². The van der Waals surface area contributed by atoms with Gasteiger partial charge in [-0.3, -0.25) is 0 Å². The highest BCUT2D eigenvalue weighted by atomic mass is 127. The number of hydrogen-bond donors (Lipinski definition) is 0. The molecule has 0 amide bonds. The second kappa shape index (κ2) is 3.44. The summed E-state index contributed by atoms with van der Waals surface area (Å²) in [6.07, 6.45) is 1.45. The summed E-state index contributed by atoms with van der Waals surface area (Å²) in [6.45, 7) is 0. The van der Waals surface area contributed by atoms with Crippen LogP contribution in [-0.2, 0) is 0 Å². The van der Waals surface area contributed by atoms with Crippen LogP contribution in [0.1, 0.15) is 0 Å². The molecule has 4 nitrogen and oxygen atoms in total. The number of nitrogens with zero attached hydrogens (tertiary/aromatic N) is 2. The maximum absolute atomic E-state index is 10.2. The molecule has 0 spiro atoms. The first-order chi connectivity index (χ1) is 5.11. The van der Waals surface area contributed by atoms with Crippen LogP contribution in [0.3, 0.4) is 0 Å². The Hall–Kier alpha value is -0.240. The molecule has 0 aliphatic heterocycles. The molecule has 1 aromatic heterocycles. The van der Waals surface area contributed by atoms with Crippen LogP contribution in [0.25, 0.3) is 0 Å². The average molecular weight is 329 g/mol. The van der Waals surface area contributed by atoms with Crippen molar-refractivity contribution >= 4 is 44.3 Å². The number of nitro groups is 1. The number of pyridine rings is 1. The lowest BCUT2D eigenvalue weighted by atomic mass is 10.5. The second-order valence-electron chi connectivity index (χ2n) is 1.71. The third kappa shape index (κ3) is 2.09. The topological polar surface area (TPSA) is 56.0 Å². The monoisotopic (exact) mass is 328 g/mol. The highest BCUT2D eigenvalue weighted by Crippen LogP contribution is 2.21. The molecule has 6 heteroatoms. The van der Waals surface area contributed by atoms with Crippen LogP contribution in [0.15, 0.2) is 16.7 Å². The summed E-state index contributed by atoms with van der Waals surface area (Å²) in [4.78, 5) is 13.3. The van der Waals surface area contributed by atoms with E-state index in [2.05, 4.69) is 20.9 Å². The molecule has 0 bridgehead atoms. The van der Waals surface area contributed by atoms with E-state index in [0.29, 0.717) is 4.47 Å². The van der Waals surface area contributed by atoms with Crippen LogP contribution in [0.4, 0.5) is 5.82 Å². The van der Waals surface area contributed by atoms with Crippen molar-refractivity contribution in [2.24, 2.45) is 0 Å². The van der Waals surface area contributed by atoms with Crippen LogP contribution in [-0.4, -0.2) is 9.91 Å². The van der Waals surface area contributed by atoms with Crippen LogP contribution in [0.2, 0.25) is 0 Å². The summed E-state index contributed by atoms with van der Waals surface area (Å²) in [7, 11) is 0. The standard InChI is InChI=1S/C5H2BrIN2O2/c6-3-1-5(9(10)11)8-2-4(3)7/h1-2H. The van der Waals surface area contributed by atoms with Gasteiger partial charge in [-0.05, 0) is 48.4 Å². The van der Waals surface area contributed by atoms with Gasteiger partial charge in [-0.1, -0.05) is 0 Å². The van der Waals surface area contributed by atoms with Gasteiger partial charge in [-0.15, -0.1) is 0 Å². The first-order valence-corrected chi connectivity index (χ1v) is 4.44. The zero-order valence-electron chi connectivity index (χ0n) is 5.12. The SMILES string of the molecule is O=[N+]([O-])c1cc(Br)c(I)cn1. The number of halogens is 2. The van der Waals surface area contributed by atoms with Gasteiger partial charge in [0.2, 0.25) is 0 Å². The van der Waals surface area contributed by atoms with E-state index in [4.69, 9.17) is 0 Å². The molecule has 1 aromatic rings. The lowest BCUT2D eigenvalue weighted by Gasteiger charge is -1.93. The zero-order valence-corrected chi connectivity index (χ0v) is 8.87. The van der Waals surface area contributed by atoms with Crippen LogP contribution in [0.5, 0.6) is 0 Å². The summed E-state index contributed by atoms with van der Waals surface area (Å²) in [5.74, 6) is -0.141. The normalized spacial score (nSPS) is 9.64. The maximum Gasteiger partial charge on any atom is 0.364 e. The fourth-order valence-electron chi connectivity index (χ4n) is 0.504. The van der Waals surface area contributed by atoms with E-state index in [9.17, 15) is 10.1 Å². The number of hydrogen-bond acceptors (Lipinski definition) is 3. The summed E-state index contributed by atoms with van der Waals surface area (Å²) < 4.78 is 1.55. The van der Waals surface area contributed by atoms with Gasteiger partial charge in [0, 0.05) is 4.47 Å². The first kappa shape index (κ1) is 8.85. The van der Waals surface area contributed by atoms with Crippen molar-refractivity contribution in [3.8, 4) is 0 Å². The summed E-state index contributed by atoms with van der Waals surface area (Å²) in [6, 6.07) is 1.38. The zero-order chi connectivity index (χ0) is 8.43. The Bertz CT molecular complexity index is 305. The predicted octanol–water partition coefficient (Wildman–Crippen LogP) is 2.36. The Kier molecular flexibility index (Phi) is 2.77. The van der Waals surface area contributed by atoms with Crippen molar-refractivity contribution in [1.29, 1.82) is 0 Å². The molecule has 0 saturated carbocycles. The van der Waals surface area contributed by atoms with E-state index >= 15 is 0 Å². The lowest BCUT2D eigenvalue weighted by molar-refractivity contribution is -0.389. The molecular weight excluding hydrogens is 327 g/mol. The molecular formula is C5H2BrIN2O2. The van der Waals surface area contributed by atoms with Gasteiger partial charge in [-0.2, -0.15) is 0 Å². The molecule has 0 unspecified atom stereocenters. The Morgan fingerprint density at radius 2 is 2.36 bits per heavy atom. The molecule has 0 saturated heterocycles. The van der Waals surface area contributed by atoms with Crippen LogP contribution < -0.4 is 0 Å². The van der Waals surface area contributed by atoms with E-state index in [1.807, 2.05) is 22.6 Å². The van der Waals surface area contributed by atoms with Crippen molar-refractivity contribution in [2.75, 3.05) is 0 Å². The second-order valence-corrected chi connectivity index (χ2v) is 3.73. The van der Waals surface area contributed by atoms with Gasteiger partial charge in [0.15, 0.2) is 6.20 Å². The Morgan fingerprint density at radius 3 is 2.82 bits per heavy atom. The molecule has 0 fully saturated rings. The van der Waals surface area contributed by atoms with E-state index in [0.717, 1.165) is 3.57 Å². The highest BCUT2D eigenvalue weighted by Gasteiger charge is 2.08. The number of rotatable bonds is 1. The molecule has 0 aliphatic carbocycles. The van der Waals surface area contributed by atoms with Crippen molar-refractivity contribution in [2.45, 2.75) is 0 Å². The Balaban J connectivity index is 3.15. The van der Waals surface area contributed by atoms with E-state index < -0.39 is 4.92 Å². The van der Waals surface area contributed by atoms with Crippen molar-refractivity contribution in [3.63, 3.8) is 0 Å². The molecule has 1 rings (SSSR count).